The van der Waals surface area contributed by atoms with Gasteiger partial charge in [0.15, 0.2) is 11.6 Å². The summed E-state index contributed by atoms with van der Waals surface area (Å²) in [5.41, 5.74) is 4.15. The number of likely N-dealkylation sites (tertiary alicyclic amines) is 1. The van der Waals surface area contributed by atoms with Crippen LogP contribution in [0.25, 0.3) is 0 Å². The van der Waals surface area contributed by atoms with Crippen molar-refractivity contribution in [1.82, 2.24) is 24.8 Å². The summed E-state index contributed by atoms with van der Waals surface area (Å²) in [7, 11) is 2.01. The van der Waals surface area contributed by atoms with Crippen molar-refractivity contribution in [2.45, 2.75) is 44.4 Å². The number of rotatable bonds is 9. The van der Waals surface area contributed by atoms with Crippen LogP contribution >= 0.6 is 11.8 Å². The Hall–Kier alpha value is -4.24. The molecule has 0 aliphatic carbocycles. The minimum atomic E-state index is 0.442. The highest BCUT2D eigenvalue weighted by Gasteiger charge is 2.23. The quantitative estimate of drug-likeness (QED) is 0.273. The lowest BCUT2D eigenvalue weighted by Crippen LogP contribution is -2.31. The molecule has 0 spiro atoms. The van der Waals surface area contributed by atoms with Crippen LogP contribution in [0.1, 0.15) is 45.2 Å². The molecule has 2 aliphatic rings. The molecule has 212 valence electrons. The number of thioether (sulfide) groups is 1. The van der Waals surface area contributed by atoms with Gasteiger partial charge in [-0.05, 0) is 57.9 Å². The Kier molecular flexibility index (Phi) is 8.64. The molecule has 2 aromatic heterocycles. The van der Waals surface area contributed by atoms with Gasteiger partial charge in [-0.2, -0.15) is 0 Å². The number of allylic oxidation sites excluding steroid dienone is 4. The van der Waals surface area contributed by atoms with Crippen LogP contribution in [0.15, 0.2) is 106 Å². The van der Waals surface area contributed by atoms with Gasteiger partial charge < -0.3 is 24.8 Å². The first-order chi connectivity index (χ1) is 19.7. The Morgan fingerprint density at radius 3 is 2.59 bits per heavy atom. The highest BCUT2D eigenvalue weighted by Crippen LogP contribution is 2.38. The van der Waals surface area contributed by atoms with Gasteiger partial charge in [-0.25, -0.2) is 15.0 Å². The molecule has 1 aromatic carbocycles. The summed E-state index contributed by atoms with van der Waals surface area (Å²) in [6, 6.07) is 11.7. The minimum Gasteiger partial charge on any atom is -0.453 e. The van der Waals surface area contributed by atoms with E-state index in [2.05, 4.69) is 56.2 Å². The predicted octanol–water partition coefficient (Wildman–Crippen LogP) is 7.81. The van der Waals surface area contributed by atoms with Crippen LogP contribution in [-0.2, 0) is 0 Å². The standard InChI is InChI=1S/C32H37N7OS/c1-21(2)16-29-35-23(5)17-30(38(29)6)41-26-18-28(40-25-10-8-7-9-11-25)31(33-19-26)37-32-34-20-27(36-32)24-12-14-39(15-13-24)22(3)4/h7-11,16-20,24H,1,3,12-15H2,2,4-6H3,(H2,33,34,36,37)/b29-16-. The number of H-pyrrole nitrogens is 1. The molecule has 5 rings (SSSR count). The lowest BCUT2D eigenvalue weighted by atomic mass is 9.94. The summed E-state index contributed by atoms with van der Waals surface area (Å²) >= 11 is 1.60. The first-order valence-corrected chi connectivity index (χ1v) is 14.6. The van der Waals surface area contributed by atoms with Crippen molar-refractivity contribution >= 4 is 29.2 Å². The number of imidazole rings is 1. The Bertz CT molecular complexity index is 1510. The van der Waals surface area contributed by atoms with E-state index in [4.69, 9.17) is 9.72 Å². The number of piperidine rings is 1. The van der Waals surface area contributed by atoms with E-state index in [9.17, 15) is 0 Å². The molecule has 0 radical (unpaired) electrons. The highest BCUT2D eigenvalue weighted by molar-refractivity contribution is 8.03. The van der Waals surface area contributed by atoms with Crippen molar-refractivity contribution in [2.24, 2.45) is 4.99 Å². The number of hydrogen-bond donors (Lipinski definition) is 2. The van der Waals surface area contributed by atoms with Crippen LogP contribution in [0.3, 0.4) is 0 Å². The smallest absolute Gasteiger partial charge is 0.206 e. The molecule has 0 amide bonds. The Balaban J connectivity index is 1.37. The number of nitrogens with zero attached hydrogens (tertiary/aromatic N) is 5. The summed E-state index contributed by atoms with van der Waals surface area (Å²) < 4.78 is 6.32. The largest absolute Gasteiger partial charge is 0.453 e. The van der Waals surface area contributed by atoms with Crippen molar-refractivity contribution < 1.29 is 4.74 Å². The maximum atomic E-state index is 6.32. The van der Waals surface area contributed by atoms with E-state index >= 15 is 0 Å². The average molecular weight is 568 g/mol. The topological polar surface area (TPSA) is 81.7 Å². The normalized spacial score (nSPS) is 16.8. The third kappa shape index (κ3) is 7.10. The Morgan fingerprint density at radius 2 is 1.88 bits per heavy atom. The average Bonchev–Trinajstić information content (AvgIpc) is 3.41. The molecule has 8 nitrogen and oxygen atoms in total. The number of aliphatic imine (C=N–C) groups is 1. The van der Waals surface area contributed by atoms with E-state index in [1.165, 1.54) is 0 Å². The molecule has 41 heavy (non-hydrogen) atoms. The number of para-hydroxylation sites is 1. The van der Waals surface area contributed by atoms with Crippen molar-refractivity contribution in [1.29, 1.82) is 0 Å². The molecule has 1 saturated heterocycles. The molecule has 2 N–H and O–H groups in total. The van der Waals surface area contributed by atoms with Gasteiger partial charge >= 0.3 is 0 Å². The van der Waals surface area contributed by atoms with E-state index in [1.807, 2.05) is 75.8 Å². The van der Waals surface area contributed by atoms with Crippen molar-refractivity contribution in [3.8, 4) is 11.5 Å². The summed E-state index contributed by atoms with van der Waals surface area (Å²) in [4.78, 5) is 22.8. The number of ether oxygens (including phenoxy) is 1. The first kappa shape index (κ1) is 28.3. The van der Waals surface area contributed by atoms with E-state index in [1.54, 1.807) is 11.8 Å². The Labute approximate surface area is 246 Å². The summed E-state index contributed by atoms with van der Waals surface area (Å²) in [5.74, 6) is 3.86. The van der Waals surface area contributed by atoms with Gasteiger partial charge in [0, 0.05) is 60.3 Å². The van der Waals surface area contributed by atoms with E-state index in [0.29, 0.717) is 23.4 Å². The second-order valence-electron chi connectivity index (χ2n) is 10.5. The molecule has 2 aliphatic heterocycles. The van der Waals surface area contributed by atoms with Gasteiger partial charge in [-0.3, -0.25) is 0 Å². The second kappa shape index (κ2) is 12.5. The van der Waals surface area contributed by atoms with Crippen molar-refractivity contribution in [2.75, 3.05) is 25.5 Å². The number of aromatic amines is 1. The monoisotopic (exact) mass is 567 g/mol. The number of anilines is 2. The fourth-order valence-electron chi connectivity index (χ4n) is 4.80. The van der Waals surface area contributed by atoms with Gasteiger partial charge in [-0.1, -0.05) is 48.7 Å². The van der Waals surface area contributed by atoms with E-state index in [0.717, 1.165) is 70.1 Å². The number of nitrogens with one attached hydrogen (secondary N) is 2. The second-order valence-corrected chi connectivity index (χ2v) is 11.6. The Morgan fingerprint density at radius 1 is 1.12 bits per heavy atom. The van der Waals surface area contributed by atoms with Crippen LogP contribution in [0.4, 0.5) is 11.8 Å². The van der Waals surface area contributed by atoms with Gasteiger partial charge in [-0.15, -0.1) is 0 Å². The van der Waals surface area contributed by atoms with Crippen LogP contribution in [0, 0.1) is 0 Å². The third-order valence-corrected chi connectivity index (χ3v) is 8.06. The van der Waals surface area contributed by atoms with Crippen molar-refractivity contribution in [3.05, 3.63) is 102 Å². The molecular formula is C32H37N7OS. The molecule has 3 aromatic rings. The molecule has 0 unspecified atom stereocenters. The van der Waals surface area contributed by atoms with Gasteiger partial charge in [0.1, 0.15) is 11.6 Å². The van der Waals surface area contributed by atoms with Gasteiger partial charge in [0.05, 0.1) is 11.2 Å². The number of benzene rings is 1. The van der Waals surface area contributed by atoms with Crippen LogP contribution in [-0.4, -0.2) is 50.6 Å². The van der Waals surface area contributed by atoms with Crippen LogP contribution < -0.4 is 10.1 Å². The van der Waals surface area contributed by atoms with Crippen LogP contribution in [0.5, 0.6) is 11.5 Å². The molecule has 0 saturated carbocycles. The lowest BCUT2D eigenvalue weighted by molar-refractivity contribution is 0.263. The highest BCUT2D eigenvalue weighted by atomic mass is 32.2. The lowest BCUT2D eigenvalue weighted by Gasteiger charge is -2.33. The minimum absolute atomic E-state index is 0.442. The van der Waals surface area contributed by atoms with Crippen molar-refractivity contribution in [3.63, 3.8) is 0 Å². The zero-order valence-corrected chi connectivity index (χ0v) is 25.0. The summed E-state index contributed by atoms with van der Waals surface area (Å²) in [5, 5.41) is 4.39. The number of hydrogen-bond acceptors (Lipinski definition) is 8. The molecule has 1 fully saturated rings. The summed E-state index contributed by atoms with van der Waals surface area (Å²) in [6.07, 6.45) is 9.96. The fourth-order valence-corrected chi connectivity index (χ4v) is 5.78. The predicted molar refractivity (Wildman–Crippen MR) is 169 cm³/mol. The zero-order valence-electron chi connectivity index (χ0n) is 24.1. The molecule has 9 heteroatoms. The maximum Gasteiger partial charge on any atom is 0.206 e. The summed E-state index contributed by atoms with van der Waals surface area (Å²) in [6.45, 7) is 16.1. The SMILES string of the molecule is C=C(C)/C=C1/N=C(C)C=C(Sc2cnc(Nc3ncc(C4CCN(C(=C)C)CC4)[nH]3)c(Oc3ccccc3)c2)N1C. The first-order valence-electron chi connectivity index (χ1n) is 13.8. The van der Waals surface area contributed by atoms with E-state index in [-0.39, 0.29) is 0 Å². The van der Waals surface area contributed by atoms with Gasteiger partial charge in [0.2, 0.25) is 5.95 Å². The molecule has 0 bridgehead atoms. The van der Waals surface area contributed by atoms with E-state index < -0.39 is 0 Å². The van der Waals surface area contributed by atoms with Gasteiger partial charge in [0.25, 0.3) is 0 Å². The zero-order chi connectivity index (χ0) is 28.9. The molecule has 0 atom stereocenters. The molecule has 4 heterocycles. The van der Waals surface area contributed by atoms with Crippen LogP contribution in [0.2, 0.25) is 0 Å². The third-order valence-electron chi connectivity index (χ3n) is 7.00. The number of aromatic nitrogens is 3. The fraction of sp³-hybridized carbons (Fsp3) is 0.281. The number of pyridine rings is 1. The molecular weight excluding hydrogens is 530 g/mol. The maximum absolute atomic E-state index is 6.32.